The lowest BCUT2D eigenvalue weighted by molar-refractivity contribution is 0.0315. The zero-order chi connectivity index (χ0) is 16.7. The van der Waals surface area contributed by atoms with Crippen molar-refractivity contribution in [1.82, 2.24) is 9.80 Å². The number of morpholine rings is 1. The van der Waals surface area contributed by atoms with Crippen molar-refractivity contribution in [2.24, 2.45) is 0 Å². The van der Waals surface area contributed by atoms with E-state index in [1.165, 1.54) is 0 Å². The van der Waals surface area contributed by atoms with Crippen LogP contribution in [0.15, 0.2) is 23.1 Å². The summed E-state index contributed by atoms with van der Waals surface area (Å²) in [6.45, 7) is 7.06. The Hall–Kier alpha value is -1.08. The monoisotopic (exact) mass is 338 g/mol. The maximum atomic E-state index is 12.9. The van der Waals surface area contributed by atoms with E-state index in [4.69, 9.17) is 4.74 Å². The molecule has 0 aliphatic carbocycles. The molecule has 128 valence electrons. The summed E-state index contributed by atoms with van der Waals surface area (Å²) in [6, 6.07) is 5.96. The van der Waals surface area contributed by atoms with Gasteiger partial charge in [-0.3, -0.25) is 9.69 Å². The van der Waals surface area contributed by atoms with Gasteiger partial charge in [0.1, 0.15) is 0 Å². The molecule has 0 radical (unpaired) electrons. The molecule has 5 nitrogen and oxygen atoms in total. The smallest absolute Gasteiger partial charge is 0.254 e. The van der Waals surface area contributed by atoms with Gasteiger partial charge in [0.15, 0.2) is 0 Å². The Morgan fingerprint density at radius 2 is 2.09 bits per heavy atom. The molecule has 0 saturated carbocycles. The second-order valence-corrected chi connectivity index (χ2v) is 6.53. The molecule has 1 aliphatic rings. The van der Waals surface area contributed by atoms with Gasteiger partial charge in [-0.1, -0.05) is 6.07 Å². The number of thioether (sulfide) groups is 1. The Labute approximate surface area is 142 Å². The van der Waals surface area contributed by atoms with Gasteiger partial charge in [0.2, 0.25) is 0 Å². The first kappa shape index (κ1) is 18.3. The number of aliphatic hydroxyl groups excluding tert-OH is 1. The third-order valence-electron chi connectivity index (χ3n) is 4.12. The molecule has 1 heterocycles. The normalized spacial score (nSPS) is 15.6. The number of carbonyl (C=O) groups excluding carboxylic acids is 1. The number of hydrogen-bond donors (Lipinski definition) is 1. The van der Waals surface area contributed by atoms with Gasteiger partial charge in [0, 0.05) is 43.2 Å². The molecule has 1 saturated heterocycles. The Morgan fingerprint density at radius 1 is 1.35 bits per heavy atom. The summed E-state index contributed by atoms with van der Waals surface area (Å²) in [5.74, 6) is 0.000657. The number of nitrogens with zero attached hydrogens (tertiary/aromatic N) is 2. The quantitative estimate of drug-likeness (QED) is 0.763. The van der Waals surface area contributed by atoms with Crippen molar-refractivity contribution in [2.75, 3.05) is 58.8 Å². The van der Waals surface area contributed by atoms with Crippen molar-refractivity contribution in [2.45, 2.75) is 11.8 Å². The number of hydrogen-bond acceptors (Lipinski definition) is 5. The first-order valence-corrected chi connectivity index (χ1v) is 9.23. The zero-order valence-electron chi connectivity index (χ0n) is 14.0. The van der Waals surface area contributed by atoms with Crippen LogP contribution in [0.4, 0.5) is 0 Å². The molecule has 1 N–H and O–H groups in total. The Bertz CT molecular complexity index is 519. The second kappa shape index (κ2) is 9.27. The summed E-state index contributed by atoms with van der Waals surface area (Å²) >= 11 is 1.63. The molecule has 1 aliphatic heterocycles. The number of carbonyl (C=O) groups is 1. The van der Waals surface area contributed by atoms with Crippen LogP contribution < -0.4 is 0 Å². The highest BCUT2D eigenvalue weighted by atomic mass is 32.2. The van der Waals surface area contributed by atoms with Crippen LogP contribution >= 0.6 is 11.8 Å². The van der Waals surface area contributed by atoms with Gasteiger partial charge in [0.05, 0.1) is 19.8 Å². The average Bonchev–Trinajstić information content (AvgIpc) is 2.59. The fourth-order valence-corrected chi connectivity index (χ4v) is 3.09. The standard InChI is InChI=1S/C17H26N2O3S/c1-14-3-4-15(23-2)13-16(14)17(21)19(7-10-20)6-5-18-8-11-22-12-9-18/h3-4,13,20H,5-12H2,1-2H3. The predicted octanol–water partition coefficient (Wildman–Crippen LogP) is 1.48. The van der Waals surface area contributed by atoms with Gasteiger partial charge in [-0.05, 0) is 30.9 Å². The van der Waals surface area contributed by atoms with E-state index in [-0.39, 0.29) is 12.5 Å². The van der Waals surface area contributed by atoms with Crippen LogP contribution in [0, 0.1) is 6.92 Å². The van der Waals surface area contributed by atoms with E-state index in [0.29, 0.717) is 13.1 Å². The predicted molar refractivity (Wildman–Crippen MR) is 93.2 cm³/mol. The second-order valence-electron chi connectivity index (χ2n) is 5.65. The molecule has 1 amide bonds. The lowest BCUT2D eigenvalue weighted by Gasteiger charge is -2.30. The third-order valence-corrected chi connectivity index (χ3v) is 4.85. The molecular formula is C17H26N2O3S. The Morgan fingerprint density at radius 3 is 2.74 bits per heavy atom. The highest BCUT2D eigenvalue weighted by Crippen LogP contribution is 2.20. The van der Waals surface area contributed by atoms with Gasteiger partial charge in [0.25, 0.3) is 5.91 Å². The van der Waals surface area contributed by atoms with E-state index >= 15 is 0 Å². The van der Waals surface area contributed by atoms with Crippen LogP contribution in [0.5, 0.6) is 0 Å². The largest absolute Gasteiger partial charge is 0.395 e. The first-order chi connectivity index (χ1) is 11.2. The number of amides is 1. The maximum Gasteiger partial charge on any atom is 0.254 e. The molecule has 1 aromatic rings. The van der Waals surface area contributed by atoms with E-state index in [2.05, 4.69) is 4.90 Å². The Kier molecular flexibility index (Phi) is 7.36. The average molecular weight is 338 g/mol. The molecule has 0 bridgehead atoms. The molecule has 0 spiro atoms. The summed E-state index contributed by atoms with van der Waals surface area (Å²) in [4.78, 5) is 18.0. The molecule has 1 aromatic carbocycles. The van der Waals surface area contributed by atoms with Crippen molar-refractivity contribution in [3.8, 4) is 0 Å². The van der Waals surface area contributed by atoms with Gasteiger partial charge < -0.3 is 14.7 Å². The molecule has 2 rings (SSSR count). The minimum Gasteiger partial charge on any atom is -0.395 e. The van der Waals surface area contributed by atoms with Crippen molar-refractivity contribution in [3.63, 3.8) is 0 Å². The minimum absolute atomic E-state index is 0.000657. The minimum atomic E-state index is -0.0177. The Balaban J connectivity index is 2.05. The summed E-state index contributed by atoms with van der Waals surface area (Å²) in [5, 5.41) is 9.31. The molecule has 6 heteroatoms. The SMILES string of the molecule is CSc1ccc(C)c(C(=O)N(CCO)CCN2CCOCC2)c1. The van der Waals surface area contributed by atoms with Gasteiger partial charge in [-0.25, -0.2) is 0 Å². The summed E-state index contributed by atoms with van der Waals surface area (Å²) in [7, 11) is 0. The molecule has 0 atom stereocenters. The summed E-state index contributed by atoms with van der Waals surface area (Å²) in [5.41, 5.74) is 1.70. The summed E-state index contributed by atoms with van der Waals surface area (Å²) < 4.78 is 5.35. The van der Waals surface area contributed by atoms with Crippen LogP contribution in [0.3, 0.4) is 0 Å². The highest BCUT2D eigenvalue weighted by Gasteiger charge is 2.19. The van der Waals surface area contributed by atoms with E-state index in [0.717, 1.165) is 48.9 Å². The fourth-order valence-electron chi connectivity index (χ4n) is 2.65. The highest BCUT2D eigenvalue weighted by molar-refractivity contribution is 7.98. The first-order valence-electron chi connectivity index (χ1n) is 8.00. The lowest BCUT2D eigenvalue weighted by Crippen LogP contribution is -2.44. The lowest BCUT2D eigenvalue weighted by atomic mass is 10.1. The van der Waals surface area contributed by atoms with Gasteiger partial charge in [-0.15, -0.1) is 11.8 Å². The zero-order valence-corrected chi connectivity index (χ0v) is 14.8. The number of aliphatic hydroxyl groups is 1. The number of ether oxygens (including phenoxy) is 1. The van der Waals surface area contributed by atoms with Crippen LogP contribution in [-0.4, -0.2) is 79.6 Å². The van der Waals surface area contributed by atoms with Crippen LogP contribution in [-0.2, 0) is 4.74 Å². The van der Waals surface area contributed by atoms with E-state index in [1.807, 2.05) is 31.4 Å². The van der Waals surface area contributed by atoms with Crippen LogP contribution in [0.25, 0.3) is 0 Å². The van der Waals surface area contributed by atoms with Crippen LogP contribution in [0.1, 0.15) is 15.9 Å². The van der Waals surface area contributed by atoms with Crippen molar-refractivity contribution in [3.05, 3.63) is 29.3 Å². The summed E-state index contributed by atoms with van der Waals surface area (Å²) in [6.07, 6.45) is 2.00. The van der Waals surface area contributed by atoms with Crippen molar-refractivity contribution < 1.29 is 14.6 Å². The molecular weight excluding hydrogens is 312 g/mol. The van der Waals surface area contributed by atoms with E-state index < -0.39 is 0 Å². The number of benzene rings is 1. The molecule has 0 unspecified atom stereocenters. The van der Waals surface area contributed by atoms with Crippen LogP contribution in [0.2, 0.25) is 0 Å². The maximum absolute atomic E-state index is 12.9. The topological polar surface area (TPSA) is 53.0 Å². The van der Waals surface area contributed by atoms with Crippen molar-refractivity contribution >= 4 is 17.7 Å². The molecule has 1 fully saturated rings. The number of aryl methyl sites for hydroxylation is 1. The van der Waals surface area contributed by atoms with Crippen molar-refractivity contribution in [1.29, 1.82) is 0 Å². The van der Waals surface area contributed by atoms with E-state index in [9.17, 15) is 9.90 Å². The number of rotatable bonds is 7. The van der Waals surface area contributed by atoms with Gasteiger partial charge in [-0.2, -0.15) is 0 Å². The molecule has 0 aromatic heterocycles. The fraction of sp³-hybridized carbons (Fsp3) is 0.588. The third kappa shape index (κ3) is 5.21. The van der Waals surface area contributed by atoms with Gasteiger partial charge >= 0.3 is 0 Å². The van der Waals surface area contributed by atoms with E-state index in [1.54, 1.807) is 16.7 Å². The molecule has 23 heavy (non-hydrogen) atoms.